The van der Waals surface area contributed by atoms with Gasteiger partial charge in [-0.3, -0.25) is 9.36 Å². The van der Waals surface area contributed by atoms with Crippen molar-refractivity contribution >= 4 is 46.4 Å². The molecule has 4 heterocycles. The average molecular weight is 597 g/mol. The van der Waals surface area contributed by atoms with Crippen LogP contribution >= 0.6 is 22.7 Å². The molecule has 0 spiro atoms. The van der Waals surface area contributed by atoms with Crippen molar-refractivity contribution in [2.75, 3.05) is 13.7 Å². The van der Waals surface area contributed by atoms with Crippen LogP contribution in [0.25, 0.3) is 23.1 Å². The van der Waals surface area contributed by atoms with Gasteiger partial charge in [0.15, 0.2) is 4.80 Å². The summed E-state index contributed by atoms with van der Waals surface area (Å²) in [6.07, 6.45) is 1.65. The number of benzene rings is 2. The third kappa shape index (κ3) is 4.95. The summed E-state index contributed by atoms with van der Waals surface area (Å²) in [5.41, 5.74) is 2.17. The first kappa shape index (κ1) is 27.4. The summed E-state index contributed by atoms with van der Waals surface area (Å²) in [7, 11) is 1.33. The van der Waals surface area contributed by atoms with Gasteiger partial charge in [0.1, 0.15) is 17.6 Å². The van der Waals surface area contributed by atoms with Crippen LogP contribution in [0.5, 0.6) is 0 Å². The van der Waals surface area contributed by atoms with Crippen molar-refractivity contribution < 1.29 is 23.5 Å². The van der Waals surface area contributed by atoms with Gasteiger partial charge in [0, 0.05) is 22.1 Å². The summed E-state index contributed by atoms with van der Waals surface area (Å²) >= 11 is 2.67. The van der Waals surface area contributed by atoms with E-state index in [0.29, 0.717) is 43.3 Å². The van der Waals surface area contributed by atoms with Crippen molar-refractivity contribution in [2.24, 2.45) is 4.99 Å². The van der Waals surface area contributed by atoms with Gasteiger partial charge in [-0.05, 0) is 36.6 Å². The van der Waals surface area contributed by atoms with Gasteiger partial charge in [-0.15, -0.1) is 11.3 Å². The summed E-state index contributed by atoms with van der Waals surface area (Å²) in [6.45, 7) is 1.93. The number of fused-ring (bicyclic) bond motifs is 1. The van der Waals surface area contributed by atoms with Crippen LogP contribution in [0, 0.1) is 0 Å². The highest BCUT2D eigenvalue weighted by Crippen LogP contribution is 2.37. The van der Waals surface area contributed by atoms with E-state index < -0.39 is 18.0 Å². The van der Waals surface area contributed by atoms with E-state index in [0.717, 1.165) is 10.4 Å². The second-order valence-corrected chi connectivity index (χ2v) is 11.2. The fourth-order valence-electron chi connectivity index (χ4n) is 4.85. The molecule has 0 saturated heterocycles. The summed E-state index contributed by atoms with van der Waals surface area (Å²) in [5, 5.41) is 1.91. The standard InChI is InChI=1S/C32H24N2O6S2/c1-3-39-31(37)26-27(19-10-5-4-6-11-19)33-32-34(28(26)24-14-9-17-41-24)29(35)25(42-32)18-20-15-16-23(40-20)21-12-7-8-13-22(21)30(36)38-2/h4-18,28H,3H2,1-2H3/b25-18+/t28-/m0/s1. The Labute approximate surface area is 248 Å². The fourth-order valence-corrected chi connectivity index (χ4v) is 6.65. The fraction of sp³-hybridized carbons (Fsp3) is 0.125. The van der Waals surface area contributed by atoms with Gasteiger partial charge in [0.2, 0.25) is 0 Å². The van der Waals surface area contributed by atoms with Gasteiger partial charge in [-0.2, -0.15) is 0 Å². The van der Waals surface area contributed by atoms with Crippen LogP contribution in [-0.4, -0.2) is 30.2 Å². The molecule has 210 valence electrons. The minimum atomic E-state index is -0.711. The molecule has 6 rings (SSSR count). The lowest BCUT2D eigenvalue weighted by atomic mass is 9.97. The Morgan fingerprint density at radius 1 is 1.00 bits per heavy atom. The second-order valence-electron chi connectivity index (χ2n) is 9.19. The molecule has 8 nitrogen and oxygen atoms in total. The minimum Gasteiger partial charge on any atom is -0.465 e. The number of carbonyl (C=O) groups excluding carboxylic acids is 2. The van der Waals surface area contributed by atoms with Gasteiger partial charge in [-0.25, -0.2) is 14.6 Å². The monoisotopic (exact) mass is 596 g/mol. The zero-order chi connectivity index (χ0) is 29.2. The van der Waals surface area contributed by atoms with Crippen LogP contribution in [-0.2, 0) is 14.3 Å². The molecule has 1 atom stereocenters. The number of esters is 2. The summed E-state index contributed by atoms with van der Waals surface area (Å²) in [4.78, 5) is 45.8. The predicted molar refractivity (Wildman–Crippen MR) is 161 cm³/mol. The number of hydrogen-bond donors (Lipinski definition) is 0. The van der Waals surface area contributed by atoms with E-state index in [2.05, 4.69) is 0 Å². The Hall–Kier alpha value is -4.80. The number of thiazole rings is 1. The van der Waals surface area contributed by atoms with E-state index in [1.807, 2.05) is 47.8 Å². The molecule has 42 heavy (non-hydrogen) atoms. The number of aromatic nitrogens is 1. The van der Waals surface area contributed by atoms with E-state index in [1.165, 1.54) is 29.8 Å². The van der Waals surface area contributed by atoms with Crippen LogP contribution < -0.4 is 14.9 Å². The molecule has 0 fully saturated rings. The molecule has 2 aromatic carbocycles. The smallest absolute Gasteiger partial charge is 0.338 e. The average Bonchev–Trinajstić information content (AvgIpc) is 3.78. The van der Waals surface area contributed by atoms with Crippen molar-refractivity contribution in [3.63, 3.8) is 0 Å². The molecule has 0 aliphatic carbocycles. The SMILES string of the molecule is CCOC(=O)C1=C(c2ccccc2)N=c2s/c(=C/c3ccc(-c4ccccc4C(=O)OC)o3)c(=O)n2[C@H]1c1cccs1. The molecule has 0 unspecified atom stereocenters. The largest absolute Gasteiger partial charge is 0.465 e. The Kier molecular flexibility index (Phi) is 7.56. The Balaban J connectivity index is 1.52. The first-order valence-electron chi connectivity index (χ1n) is 13.1. The van der Waals surface area contributed by atoms with Crippen molar-refractivity contribution in [2.45, 2.75) is 13.0 Å². The highest BCUT2D eigenvalue weighted by molar-refractivity contribution is 7.10. The molecule has 0 amide bonds. The van der Waals surface area contributed by atoms with Gasteiger partial charge >= 0.3 is 11.9 Å². The Morgan fingerprint density at radius 2 is 1.79 bits per heavy atom. The normalized spacial score (nSPS) is 14.8. The minimum absolute atomic E-state index is 0.186. The molecule has 0 saturated carbocycles. The molecule has 0 bridgehead atoms. The number of rotatable bonds is 7. The number of thiophene rings is 1. The first-order valence-corrected chi connectivity index (χ1v) is 14.8. The molecular weight excluding hydrogens is 572 g/mol. The molecule has 1 aliphatic heterocycles. The number of hydrogen-bond acceptors (Lipinski definition) is 9. The third-order valence-corrected chi connectivity index (χ3v) is 8.59. The maximum absolute atomic E-state index is 14.0. The predicted octanol–water partition coefficient (Wildman–Crippen LogP) is 5.04. The third-order valence-electron chi connectivity index (χ3n) is 6.68. The Bertz CT molecular complexity index is 2000. The van der Waals surface area contributed by atoms with Crippen molar-refractivity contribution in [3.05, 3.63) is 131 Å². The van der Waals surface area contributed by atoms with Crippen molar-refractivity contribution in [1.29, 1.82) is 0 Å². The van der Waals surface area contributed by atoms with Crippen LogP contribution in [0.3, 0.4) is 0 Å². The van der Waals surface area contributed by atoms with Gasteiger partial charge in [-0.1, -0.05) is 65.9 Å². The second kappa shape index (κ2) is 11.6. The lowest BCUT2D eigenvalue weighted by molar-refractivity contribution is -0.138. The van der Waals surface area contributed by atoms with Crippen molar-refractivity contribution in [3.8, 4) is 11.3 Å². The van der Waals surface area contributed by atoms with E-state index in [-0.39, 0.29) is 12.2 Å². The van der Waals surface area contributed by atoms with E-state index in [4.69, 9.17) is 18.9 Å². The van der Waals surface area contributed by atoms with Crippen LogP contribution in [0.15, 0.2) is 104 Å². The first-order chi connectivity index (χ1) is 20.5. The quantitative estimate of drug-likeness (QED) is 0.244. The summed E-state index contributed by atoms with van der Waals surface area (Å²) < 4.78 is 18.4. The number of methoxy groups -OCH3 is 1. The number of furan rings is 1. The molecule has 0 radical (unpaired) electrons. The number of carbonyl (C=O) groups is 2. The van der Waals surface area contributed by atoms with Crippen molar-refractivity contribution in [1.82, 2.24) is 4.57 Å². The van der Waals surface area contributed by atoms with E-state index in [1.54, 1.807) is 54.0 Å². The summed E-state index contributed by atoms with van der Waals surface area (Å²) in [5.74, 6) is -0.109. The zero-order valence-corrected chi connectivity index (χ0v) is 24.2. The van der Waals surface area contributed by atoms with Gasteiger partial charge in [0.25, 0.3) is 5.56 Å². The molecule has 10 heteroatoms. The lowest BCUT2D eigenvalue weighted by Gasteiger charge is -2.24. The topological polar surface area (TPSA) is 100 Å². The van der Waals surface area contributed by atoms with E-state index >= 15 is 0 Å². The molecule has 1 aliphatic rings. The molecular formula is C32H24N2O6S2. The highest BCUT2D eigenvalue weighted by atomic mass is 32.1. The lowest BCUT2D eigenvalue weighted by Crippen LogP contribution is -2.39. The maximum atomic E-state index is 14.0. The highest BCUT2D eigenvalue weighted by Gasteiger charge is 2.35. The maximum Gasteiger partial charge on any atom is 0.338 e. The van der Waals surface area contributed by atoms with E-state index in [9.17, 15) is 14.4 Å². The van der Waals surface area contributed by atoms with Gasteiger partial charge < -0.3 is 13.9 Å². The van der Waals surface area contributed by atoms with Gasteiger partial charge in [0.05, 0.1) is 35.1 Å². The number of nitrogens with zero attached hydrogens (tertiary/aromatic N) is 2. The van der Waals surface area contributed by atoms with Crippen LogP contribution in [0.4, 0.5) is 0 Å². The number of ether oxygens (including phenoxy) is 2. The van der Waals surface area contributed by atoms with Crippen LogP contribution in [0.1, 0.15) is 39.5 Å². The summed E-state index contributed by atoms with van der Waals surface area (Å²) in [6, 6.07) is 23.0. The molecule has 0 N–H and O–H groups in total. The van der Waals surface area contributed by atoms with Crippen LogP contribution in [0.2, 0.25) is 0 Å². The Morgan fingerprint density at radius 3 is 2.52 bits per heavy atom. The zero-order valence-electron chi connectivity index (χ0n) is 22.6. The molecule has 3 aromatic heterocycles. The molecule has 5 aromatic rings.